The maximum absolute atomic E-state index is 5.50. The molecule has 1 aromatic heterocycles. The molecular weight excluding hydrogens is 254 g/mol. The zero-order valence-electron chi connectivity index (χ0n) is 11.8. The molecule has 1 N–H and O–H groups in total. The standard InChI is InChI=1S/C15H21N3O2/c1-2-15-17-14(18-20-15)12-19-10-6-9-16-11-13-7-4-3-5-8-13/h3-5,7-8,16H,2,6,9-12H2,1H3. The second-order valence-corrected chi connectivity index (χ2v) is 4.53. The average Bonchev–Trinajstić information content (AvgIpc) is 2.95. The quantitative estimate of drug-likeness (QED) is 0.712. The molecule has 0 amide bonds. The second kappa shape index (κ2) is 8.45. The summed E-state index contributed by atoms with van der Waals surface area (Å²) in [6.07, 6.45) is 1.72. The minimum atomic E-state index is 0.419. The van der Waals surface area contributed by atoms with Gasteiger partial charge in [-0.15, -0.1) is 0 Å². The van der Waals surface area contributed by atoms with Crippen LogP contribution in [0, 0.1) is 0 Å². The predicted molar refractivity (Wildman–Crippen MR) is 76.1 cm³/mol. The van der Waals surface area contributed by atoms with Gasteiger partial charge in [0, 0.05) is 19.6 Å². The van der Waals surface area contributed by atoms with Gasteiger partial charge in [-0.1, -0.05) is 42.4 Å². The van der Waals surface area contributed by atoms with Crippen LogP contribution in [0.1, 0.15) is 30.6 Å². The maximum atomic E-state index is 5.50. The monoisotopic (exact) mass is 275 g/mol. The van der Waals surface area contributed by atoms with Crippen LogP contribution in [0.4, 0.5) is 0 Å². The van der Waals surface area contributed by atoms with Gasteiger partial charge in [0.15, 0.2) is 5.82 Å². The fraction of sp³-hybridized carbons (Fsp3) is 0.467. The lowest BCUT2D eigenvalue weighted by Crippen LogP contribution is -2.16. The van der Waals surface area contributed by atoms with Gasteiger partial charge in [0.1, 0.15) is 6.61 Å². The summed E-state index contributed by atoms with van der Waals surface area (Å²) >= 11 is 0. The smallest absolute Gasteiger partial charge is 0.226 e. The highest BCUT2D eigenvalue weighted by molar-refractivity contribution is 5.14. The third-order valence-corrected chi connectivity index (χ3v) is 2.86. The van der Waals surface area contributed by atoms with Crippen molar-refractivity contribution >= 4 is 0 Å². The number of rotatable bonds is 9. The van der Waals surface area contributed by atoms with Crippen molar-refractivity contribution in [1.82, 2.24) is 15.5 Å². The van der Waals surface area contributed by atoms with E-state index in [-0.39, 0.29) is 0 Å². The minimum Gasteiger partial charge on any atom is -0.373 e. The van der Waals surface area contributed by atoms with Crippen LogP contribution >= 0.6 is 0 Å². The molecule has 108 valence electrons. The summed E-state index contributed by atoms with van der Waals surface area (Å²) in [7, 11) is 0. The Kier molecular flexibility index (Phi) is 6.20. The third kappa shape index (κ3) is 5.11. The number of ether oxygens (including phenoxy) is 1. The topological polar surface area (TPSA) is 60.2 Å². The molecule has 0 aliphatic carbocycles. The van der Waals surface area contributed by atoms with Gasteiger partial charge in [0.25, 0.3) is 0 Å². The van der Waals surface area contributed by atoms with E-state index in [1.54, 1.807) is 0 Å². The molecule has 1 heterocycles. The molecule has 0 radical (unpaired) electrons. The van der Waals surface area contributed by atoms with Gasteiger partial charge in [-0.2, -0.15) is 4.98 Å². The fourth-order valence-corrected chi connectivity index (χ4v) is 1.78. The van der Waals surface area contributed by atoms with Gasteiger partial charge in [0.05, 0.1) is 0 Å². The minimum absolute atomic E-state index is 0.419. The molecule has 0 aliphatic heterocycles. The Hall–Kier alpha value is -1.72. The summed E-state index contributed by atoms with van der Waals surface area (Å²) in [6.45, 7) is 4.92. The summed E-state index contributed by atoms with van der Waals surface area (Å²) < 4.78 is 10.5. The second-order valence-electron chi connectivity index (χ2n) is 4.53. The van der Waals surface area contributed by atoms with E-state index in [4.69, 9.17) is 9.26 Å². The summed E-state index contributed by atoms with van der Waals surface area (Å²) in [5.74, 6) is 1.28. The van der Waals surface area contributed by atoms with Crippen LogP contribution in [-0.4, -0.2) is 23.3 Å². The van der Waals surface area contributed by atoms with Crippen LogP contribution in [0.2, 0.25) is 0 Å². The molecule has 5 heteroatoms. The molecular formula is C15H21N3O2. The first-order chi connectivity index (χ1) is 9.88. The lowest BCUT2D eigenvalue weighted by Gasteiger charge is -2.05. The summed E-state index contributed by atoms with van der Waals surface area (Å²) in [6, 6.07) is 10.4. The molecule has 0 saturated heterocycles. The molecule has 0 spiro atoms. The summed E-state index contributed by atoms with van der Waals surface area (Å²) in [5, 5.41) is 7.22. The number of hydrogen-bond acceptors (Lipinski definition) is 5. The van der Waals surface area contributed by atoms with E-state index in [2.05, 4.69) is 39.7 Å². The predicted octanol–water partition coefficient (Wildman–Crippen LogP) is 2.33. The van der Waals surface area contributed by atoms with E-state index in [0.29, 0.717) is 24.9 Å². The Bertz CT molecular complexity index is 485. The molecule has 0 bridgehead atoms. The van der Waals surface area contributed by atoms with Crippen LogP contribution in [0.3, 0.4) is 0 Å². The first kappa shape index (κ1) is 14.7. The molecule has 2 aromatic rings. The Morgan fingerprint density at radius 3 is 2.85 bits per heavy atom. The van der Waals surface area contributed by atoms with Crippen molar-refractivity contribution in [3.05, 3.63) is 47.6 Å². The molecule has 20 heavy (non-hydrogen) atoms. The van der Waals surface area contributed by atoms with E-state index >= 15 is 0 Å². The van der Waals surface area contributed by atoms with Gasteiger partial charge < -0.3 is 14.6 Å². The van der Waals surface area contributed by atoms with Gasteiger partial charge in [-0.05, 0) is 18.5 Å². The van der Waals surface area contributed by atoms with Crippen LogP contribution in [0.5, 0.6) is 0 Å². The Morgan fingerprint density at radius 2 is 2.10 bits per heavy atom. The zero-order chi connectivity index (χ0) is 14.0. The van der Waals surface area contributed by atoms with Crippen molar-refractivity contribution < 1.29 is 9.26 Å². The van der Waals surface area contributed by atoms with Crippen molar-refractivity contribution in [1.29, 1.82) is 0 Å². The summed E-state index contributed by atoms with van der Waals surface area (Å²) in [5.41, 5.74) is 1.30. The lowest BCUT2D eigenvalue weighted by molar-refractivity contribution is 0.111. The van der Waals surface area contributed by atoms with Crippen LogP contribution < -0.4 is 5.32 Å². The largest absolute Gasteiger partial charge is 0.373 e. The van der Waals surface area contributed by atoms with Crippen molar-refractivity contribution in [2.45, 2.75) is 32.9 Å². The first-order valence-electron chi connectivity index (χ1n) is 7.02. The van der Waals surface area contributed by atoms with Crippen LogP contribution in [-0.2, 0) is 24.3 Å². The Balaban J connectivity index is 1.49. The Labute approximate surface area is 119 Å². The van der Waals surface area contributed by atoms with Crippen molar-refractivity contribution in [2.24, 2.45) is 0 Å². The van der Waals surface area contributed by atoms with Crippen LogP contribution in [0.15, 0.2) is 34.9 Å². The normalized spacial score (nSPS) is 10.8. The van der Waals surface area contributed by atoms with Crippen molar-refractivity contribution in [3.8, 4) is 0 Å². The molecule has 2 rings (SSSR count). The number of nitrogens with zero attached hydrogens (tertiary/aromatic N) is 2. The molecule has 1 aromatic carbocycles. The number of nitrogens with one attached hydrogen (secondary N) is 1. The lowest BCUT2D eigenvalue weighted by atomic mass is 10.2. The molecule has 5 nitrogen and oxygen atoms in total. The molecule has 0 atom stereocenters. The van der Waals surface area contributed by atoms with E-state index in [1.807, 2.05) is 13.0 Å². The molecule has 0 aliphatic rings. The fourth-order valence-electron chi connectivity index (χ4n) is 1.78. The van der Waals surface area contributed by atoms with E-state index in [1.165, 1.54) is 5.56 Å². The molecule has 0 unspecified atom stereocenters. The number of hydrogen-bond donors (Lipinski definition) is 1. The van der Waals surface area contributed by atoms with Gasteiger partial charge in [-0.25, -0.2) is 0 Å². The maximum Gasteiger partial charge on any atom is 0.226 e. The van der Waals surface area contributed by atoms with Crippen molar-refractivity contribution in [3.63, 3.8) is 0 Å². The van der Waals surface area contributed by atoms with E-state index < -0.39 is 0 Å². The van der Waals surface area contributed by atoms with Gasteiger partial charge in [0.2, 0.25) is 5.89 Å². The molecule has 0 fully saturated rings. The summed E-state index contributed by atoms with van der Waals surface area (Å²) in [4.78, 5) is 4.18. The zero-order valence-corrected chi connectivity index (χ0v) is 11.8. The van der Waals surface area contributed by atoms with E-state index in [0.717, 1.165) is 25.9 Å². The van der Waals surface area contributed by atoms with Gasteiger partial charge >= 0.3 is 0 Å². The number of benzene rings is 1. The molecule has 0 saturated carbocycles. The highest BCUT2D eigenvalue weighted by Gasteiger charge is 2.03. The highest BCUT2D eigenvalue weighted by atomic mass is 16.5. The van der Waals surface area contributed by atoms with Crippen LogP contribution in [0.25, 0.3) is 0 Å². The van der Waals surface area contributed by atoms with Crippen molar-refractivity contribution in [2.75, 3.05) is 13.2 Å². The van der Waals surface area contributed by atoms with E-state index in [9.17, 15) is 0 Å². The number of aromatic nitrogens is 2. The number of aryl methyl sites for hydroxylation is 1. The SMILES string of the molecule is CCc1nc(COCCCNCc2ccccc2)no1. The average molecular weight is 275 g/mol. The Morgan fingerprint density at radius 1 is 1.25 bits per heavy atom. The third-order valence-electron chi connectivity index (χ3n) is 2.86. The highest BCUT2D eigenvalue weighted by Crippen LogP contribution is 2.00. The van der Waals surface area contributed by atoms with Gasteiger partial charge in [-0.3, -0.25) is 0 Å². The first-order valence-corrected chi connectivity index (χ1v) is 7.02.